The number of rotatable bonds is 6. The summed E-state index contributed by atoms with van der Waals surface area (Å²) >= 11 is 7.88. The number of ether oxygens (including phenoxy) is 1. The minimum Gasteiger partial charge on any atom is -0.360 e. The van der Waals surface area contributed by atoms with Gasteiger partial charge in [-0.2, -0.15) is 0 Å². The number of aryl methyl sites for hydroxylation is 3. The summed E-state index contributed by atoms with van der Waals surface area (Å²) in [5, 5.41) is 2.60. The number of carbonyl (C=O) groups excluding carboxylic acids is 1. The third kappa shape index (κ3) is 5.60. The molecule has 0 aliphatic heterocycles. The maximum atomic E-state index is 13.1. The lowest BCUT2D eigenvalue weighted by molar-refractivity contribution is -0.138. The third-order valence-electron chi connectivity index (χ3n) is 7.57. The highest BCUT2D eigenvalue weighted by atomic mass is 35.5. The Hall–Kier alpha value is -3.91. The summed E-state index contributed by atoms with van der Waals surface area (Å²) < 4.78 is 9.46. The molecular formula is C35H33ClN4O2S. The van der Waals surface area contributed by atoms with Gasteiger partial charge in [0.15, 0.2) is 5.78 Å². The van der Waals surface area contributed by atoms with Gasteiger partial charge in [-0.25, -0.2) is 9.97 Å². The standard InChI is InChI=1S/C35H33ClN4O2S/c1-19-14-28-32(30(22-8-10-26(36)11-9-22)29(19)31(21(3)41)42-35(4,5)6)43-34(39-28)23-12-13-37-27(17-23)25-16-24-15-20(2)40(7)33(24)38-18-25/h8-18,31H,1-7H3/t31-/m1/s1. The summed E-state index contributed by atoms with van der Waals surface area (Å²) in [4.78, 5) is 27.5. The average Bonchev–Trinajstić information content (AvgIpc) is 3.51. The van der Waals surface area contributed by atoms with Gasteiger partial charge in [0.1, 0.15) is 16.8 Å². The van der Waals surface area contributed by atoms with Crippen LogP contribution in [0.25, 0.3) is 54.2 Å². The van der Waals surface area contributed by atoms with Crippen LogP contribution >= 0.6 is 22.9 Å². The zero-order valence-electron chi connectivity index (χ0n) is 25.3. The maximum absolute atomic E-state index is 13.1. The van der Waals surface area contributed by atoms with E-state index in [1.54, 1.807) is 18.3 Å². The molecule has 0 fully saturated rings. The van der Waals surface area contributed by atoms with E-state index < -0.39 is 11.7 Å². The van der Waals surface area contributed by atoms with Crippen molar-refractivity contribution in [3.8, 4) is 33.0 Å². The largest absolute Gasteiger partial charge is 0.360 e. The van der Waals surface area contributed by atoms with Crippen molar-refractivity contribution in [1.29, 1.82) is 0 Å². The number of benzene rings is 2. The molecule has 218 valence electrons. The van der Waals surface area contributed by atoms with Gasteiger partial charge in [0.05, 0.1) is 21.5 Å². The van der Waals surface area contributed by atoms with Crippen LogP contribution < -0.4 is 0 Å². The number of ketones is 1. The molecule has 2 aromatic carbocycles. The average molecular weight is 609 g/mol. The Morgan fingerprint density at radius 3 is 2.42 bits per heavy atom. The molecule has 0 spiro atoms. The monoisotopic (exact) mass is 608 g/mol. The second-order valence-corrected chi connectivity index (χ2v) is 13.4. The quantitative estimate of drug-likeness (QED) is 0.188. The molecule has 0 N–H and O–H groups in total. The maximum Gasteiger partial charge on any atom is 0.163 e. The number of hydrogen-bond acceptors (Lipinski definition) is 6. The predicted molar refractivity (Wildman–Crippen MR) is 177 cm³/mol. The highest BCUT2D eigenvalue weighted by Crippen LogP contribution is 2.44. The predicted octanol–water partition coefficient (Wildman–Crippen LogP) is 9.29. The van der Waals surface area contributed by atoms with Crippen molar-refractivity contribution in [3.63, 3.8) is 0 Å². The first-order valence-electron chi connectivity index (χ1n) is 14.2. The van der Waals surface area contributed by atoms with Crippen LogP contribution in [0.3, 0.4) is 0 Å². The third-order valence-corrected chi connectivity index (χ3v) is 8.96. The lowest BCUT2D eigenvalue weighted by atomic mass is 9.90. The molecule has 0 radical (unpaired) electrons. The molecule has 4 aromatic heterocycles. The van der Waals surface area contributed by atoms with Crippen molar-refractivity contribution in [2.24, 2.45) is 7.05 Å². The summed E-state index contributed by atoms with van der Waals surface area (Å²) in [6, 6.07) is 18.1. The van der Waals surface area contributed by atoms with Crippen LogP contribution in [0.1, 0.15) is 50.6 Å². The molecule has 0 unspecified atom stereocenters. The fourth-order valence-corrected chi connectivity index (χ4v) is 6.73. The normalized spacial score (nSPS) is 12.7. The molecule has 43 heavy (non-hydrogen) atoms. The van der Waals surface area contributed by atoms with Gasteiger partial charge in [-0.1, -0.05) is 23.7 Å². The van der Waals surface area contributed by atoms with E-state index >= 15 is 0 Å². The van der Waals surface area contributed by atoms with Crippen LogP contribution in [0.15, 0.2) is 67.0 Å². The van der Waals surface area contributed by atoms with Crippen LogP contribution in [0.2, 0.25) is 5.02 Å². The Labute approximate surface area is 260 Å². The summed E-state index contributed by atoms with van der Waals surface area (Å²) in [5.41, 5.74) is 8.91. The lowest BCUT2D eigenvalue weighted by Crippen LogP contribution is -2.27. The van der Waals surface area contributed by atoms with Crippen LogP contribution in [-0.4, -0.2) is 30.9 Å². The molecule has 0 saturated carbocycles. The van der Waals surface area contributed by atoms with Gasteiger partial charge in [-0.3, -0.25) is 9.78 Å². The van der Waals surface area contributed by atoms with E-state index in [9.17, 15) is 4.79 Å². The molecule has 0 aliphatic carbocycles. The Bertz CT molecular complexity index is 2020. The highest BCUT2D eigenvalue weighted by molar-refractivity contribution is 7.22. The fourth-order valence-electron chi connectivity index (χ4n) is 5.49. The van der Waals surface area contributed by atoms with E-state index in [1.807, 2.05) is 77.5 Å². The fraction of sp³-hybridized carbons (Fsp3) is 0.257. The second-order valence-electron chi connectivity index (χ2n) is 12.0. The van der Waals surface area contributed by atoms with Crippen molar-refractivity contribution >= 4 is 50.0 Å². The van der Waals surface area contributed by atoms with E-state index in [0.717, 1.165) is 71.0 Å². The van der Waals surface area contributed by atoms with E-state index in [2.05, 4.69) is 40.7 Å². The summed E-state index contributed by atoms with van der Waals surface area (Å²) in [5.74, 6) is -0.0460. The van der Waals surface area contributed by atoms with Crippen molar-refractivity contribution in [2.75, 3.05) is 0 Å². The number of nitrogens with zero attached hydrogens (tertiary/aromatic N) is 4. The zero-order valence-corrected chi connectivity index (χ0v) is 26.9. The van der Waals surface area contributed by atoms with E-state index in [-0.39, 0.29) is 5.78 Å². The molecule has 6 rings (SSSR count). The molecule has 0 aliphatic rings. The van der Waals surface area contributed by atoms with Crippen molar-refractivity contribution in [2.45, 2.75) is 53.2 Å². The Kier molecular flexibility index (Phi) is 7.45. The SMILES string of the molecule is CC(=O)[C@@H](OC(C)(C)C)c1c(C)cc2nc(-c3ccnc(-c4cnc5c(c4)cc(C)n5C)c3)sc2c1-c1ccc(Cl)cc1. The number of aromatic nitrogens is 4. The lowest BCUT2D eigenvalue weighted by Gasteiger charge is -2.29. The number of fused-ring (bicyclic) bond motifs is 2. The zero-order chi connectivity index (χ0) is 30.6. The smallest absolute Gasteiger partial charge is 0.163 e. The first-order valence-corrected chi connectivity index (χ1v) is 15.4. The van der Waals surface area contributed by atoms with Gasteiger partial charge in [0.2, 0.25) is 0 Å². The molecule has 4 heterocycles. The minimum absolute atomic E-state index is 0.0460. The molecule has 1 atom stereocenters. The number of Topliss-reactive ketones (excluding diaryl/α,β-unsaturated/α-hetero) is 1. The first kappa shape index (κ1) is 29.2. The molecule has 6 nitrogen and oxygen atoms in total. The summed E-state index contributed by atoms with van der Waals surface area (Å²) in [6.07, 6.45) is 2.96. The number of thiazole rings is 1. The summed E-state index contributed by atoms with van der Waals surface area (Å²) in [6.45, 7) is 11.6. The van der Waals surface area contributed by atoms with Gasteiger partial charge < -0.3 is 9.30 Å². The van der Waals surface area contributed by atoms with Gasteiger partial charge in [-0.05, 0) is 95.1 Å². The van der Waals surface area contributed by atoms with Crippen LogP contribution in [-0.2, 0) is 16.6 Å². The van der Waals surface area contributed by atoms with Crippen LogP contribution in [0.5, 0.6) is 0 Å². The van der Waals surface area contributed by atoms with Crippen molar-refractivity contribution < 1.29 is 9.53 Å². The van der Waals surface area contributed by atoms with Crippen LogP contribution in [0, 0.1) is 13.8 Å². The topological polar surface area (TPSA) is 69.9 Å². The first-order chi connectivity index (χ1) is 20.4. The van der Waals surface area contributed by atoms with E-state index in [0.29, 0.717) is 5.02 Å². The highest BCUT2D eigenvalue weighted by Gasteiger charge is 2.30. The van der Waals surface area contributed by atoms with Crippen molar-refractivity contribution in [1.82, 2.24) is 19.5 Å². The minimum atomic E-state index is -0.725. The molecule has 0 saturated heterocycles. The molecule has 0 amide bonds. The Balaban J connectivity index is 1.52. The van der Waals surface area contributed by atoms with Gasteiger partial charge in [-0.15, -0.1) is 11.3 Å². The summed E-state index contributed by atoms with van der Waals surface area (Å²) in [7, 11) is 2.02. The van der Waals surface area contributed by atoms with Crippen molar-refractivity contribution in [3.05, 3.63) is 88.8 Å². The molecule has 8 heteroatoms. The number of hydrogen-bond donors (Lipinski definition) is 0. The Morgan fingerprint density at radius 2 is 1.72 bits per heavy atom. The van der Waals surface area contributed by atoms with Crippen LogP contribution in [0.4, 0.5) is 0 Å². The number of halogens is 1. The molecule has 6 aromatic rings. The van der Waals surface area contributed by atoms with Gasteiger partial charge in [0.25, 0.3) is 0 Å². The van der Waals surface area contributed by atoms with E-state index in [1.165, 1.54) is 0 Å². The van der Waals surface area contributed by atoms with E-state index in [4.69, 9.17) is 26.3 Å². The number of carbonyl (C=O) groups is 1. The second kappa shape index (κ2) is 11.0. The molecular weight excluding hydrogens is 576 g/mol. The molecule has 0 bridgehead atoms. The Morgan fingerprint density at radius 1 is 0.977 bits per heavy atom. The van der Waals surface area contributed by atoms with Gasteiger partial charge in [0, 0.05) is 57.8 Å². The van der Waals surface area contributed by atoms with Gasteiger partial charge >= 0.3 is 0 Å². The number of pyridine rings is 2.